The molecule has 106 valence electrons. The molecule has 0 saturated carbocycles. The minimum atomic E-state index is -0.472. The number of carbonyl (C=O) groups excluding carboxylic acids is 1. The number of aromatic amines is 1. The van der Waals surface area contributed by atoms with Gasteiger partial charge in [-0.3, -0.25) is 9.59 Å². The highest BCUT2D eigenvalue weighted by molar-refractivity contribution is 5.99. The molecule has 0 amide bonds. The lowest BCUT2D eigenvalue weighted by Gasteiger charge is -2.23. The van der Waals surface area contributed by atoms with Crippen molar-refractivity contribution in [3.05, 3.63) is 58.5 Å². The van der Waals surface area contributed by atoms with E-state index in [0.29, 0.717) is 5.56 Å². The molecule has 2 rings (SSSR count). The molecule has 1 N–H and O–H groups in total. The first-order valence-electron chi connectivity index (χ1n) is 7.00. The Morgan fingerprint density at radius 1 is 1.25 bits per heavy atom. The molecule has 2 aromatic rings. The van der Waals surface area contributed by atoms with Crippen LogP contribution in [0.5, 0.6) is 0 Å². The van der Waals surface area contributed by atoms with Crippen molar-refractivity contribution in [3.63, 3.8) is 0 Å². The molecule has 0 saturated heterocycles. The lowest BCUT2D eigenvalue weighted by Crippen LogP contribution is -2.33. The van der Waals surface area contributed by atoms with Crippen molar-refractivity contribution in [2.75, 3.05) is 0 Å². The third kappa shape index (κ3) is 2.90. The van der Waals surface area contributed by atoms with Crippen molar-refractivity contribution in [1.29, 1.82) is 0 Å². The maximum atomic E-state index is 12.7. The van der Waals surface area contributed by atoms with Crippen LogP contribution in [0.3, 0.4) is 0 Å². The first-order chi connectivity index (χ1) is 9.65. The van der Waals surface area contributed by atoms with Crippen molar-refractivity contribution in [2.45, 2.75) is 32.7 Å². The average molecular weight is 272 g/mol. The molecule has 1 aromatic heterocycles. The summed E-state index contributed by atoms with van der Waals surface area (Å²) < 4.78 is 1.44. The number of nitrogens with one attached hydrogen (secondary N) is 1. The third-order valence-electron chi connectivity index (χ3n) is 3.57. The minimum absolute atomic E-state index is 0.0175. The van der Waals surface area contributed by atoms with E-state index in [4.69, 9.17) is 0 Å². The Balaban J connectivity index is 2.40. The average Bonchev–Trinajstić information content (AvgIpc) is 2.86. The molecule has 1 heterocycles. The van der Waals surface area contributed by atoms with Crippen molar-refractivity contribution < 1.29 is 4.79 Å². The number of nitrogens with zero attached hydrogens (tertiary/aromatic N) is 1. The van der Waals surface area contributed by atoms with Crippen LogP contribution in [-0.2, 0) is 0 Å². The van der Waals surface area contributed by atoms with Crippen LogP contribution in [0.1, 0.15) is 43.1 Å². The number of hydrogen-bond donors (Lipinski definition) is 1. The molecule has 0 bridgehead atoms. The summed E-state index contributed by atoms with van der Waals surface area (Å²) in [7, 11) is 0. The van der Waals surface area contributed by atoms with Crippen LogP contribution < -0.4 is 5.56 Å². The Kier molecular flexibility index (Phi) is 4.56. The zero-order chi connectivity index (χ0) is 14.5. The van der Waals surface area contributed by atoms with Gasteiger partial charge in [0.1, 0.15) is 6.04 Å². The maximum Gasteiger partial charge on any atom is 0.267 e. The van der Waals surface area contributed by atoms with Gasteiger partial charge in [0.2, 0.25) is 0 Å². The summed E-state index contributed by atoms with van der Waals surface area (Å²) in [6.07, 6.45) is 3.45. The van der Waals surface area contributed by atoms with E-state index >= 15 is 0 Å². The van der Waals surface area contributed by atoms with Gasteiger partial charge in [-0.1, -0.05) is 50.6 Å². The molecule has 20 heavy (non-hydrogen) atoms. The SMILES string of the molecule is CCCC(C)C(C(=O)c1ccccc1)n1[nH]ccc1=O. The van der Waals surface area contributed by atoms with Gasteiger partial charge in [-0.15, -0.1) is 0 Å². The first kappa shape index (κ1) is 14.3. The Hall–Kier alpha value is -2.10. The van der Waals surface area contributed by atoms with Crippen LogP contribution >= 0.6 is 0 Å². The molecule has 2 atom stereocenters. The van der Waals surface area contributed by atoms with Crippen LogP contribution in [0.4, 0.5) is 0 Å². The standard InChI is InChI=1S/C16H20N2O2/c1-3-7-12(2)15(18-14(19)10-11-17-18)16(20)13-8-5-4-6-9-13/h4-6,8-12,15,17H,3,7H2,1-2H3. The second kappa shape index (κ2) is 6.37. The van der Waals surface area contributed by atoms with Crippen molar-refractivity contribution in [2.24, 2.45) is 5.92 Å². The van der Waals surface area contributed by atoms with E-state index in [0.717, 1.165) is 12.8 Å². The van der Waals surface area contributed by atoms with E-state index in [-0.39, 0.29) is 17.3 Å². The molecule has 0 fully saturated rings. The molecule has 0 aliphatic heterocycles. The zero-order valence-corrected chi connectivity index (χ0v) is 11.9. The minimum Gasteiger partial charge on any atom is -0.302 e. The van der Waals surface area contributed by atoms with Crippen LogP contribution in [0.25, 0.3) is 0 Å². The Bertz CT molecular complexity index is 613. The van der Waals surface area contributed by atoms with Crippen LogP contribution in [0, 0.1) is 5.92 Å². The highest BCUT2D eigenvalue weighted by Crippen LogP contribution is 2.24. The molecule has 0 spiro atoms. The second-order valence-electron chi connectivity index (χ2n) is 5.11. The molecule has 0 aliphatic carbocycles. The quantitative estimate of drug-likeness (QED) is 0.822. The summed E-state index contributed by atoms with van der Waals surface area (Å²) in [5, 5.41) is 2.88. The molecular formula is C16H20N2O2. The van der Waals surface area contributed by atoms with Gasteiger partial charge < -0.3 is 5.10 Å². The number of H-pyrrole nitrogens is 1. The van der Waals surface area contributed by atoms with Gasteiger partial charge in [0.05, 0.1) is 0 Å². The molecular weight excluding hydrogens is 252 g/mol. The fourth-order valence-electron chi connectivity index (χ4n) is 2.57. The number of rotatable bonds is 6. The number of benzene rings is 1. The Morgan fingerprint density at radius 3 is 2.50 bits per heavy atom. The Morgan fingerprint density at radius 2 is 1.95 bits per heavy atom. The van der Waals surface area contributed by atoms with Crippen molar-refractivity contribution in [1.82, 2.24) is 9.78 Å². The van der Waals surface area contributed by atoms with Gasteiger partial charge in [0.25, 0.3) is 5.56 Å². The lowest BCUT2D eigenvalue weighted by molar-refractivity contribution is 0.0868. The lowest BCUT2D eigenvalue weighted by atomic mass is 9.90. The Labute approximate surface area is 118 Å². The molecule has 4 heteroatoms. The van der Waals surface area contributed by atoms with E-state index in [1.54, 1.807) is 18.3 Å². The van der Waals surface area contributed by atoms with Gasteiger partial charge in [0.15, 0.2) is 5.78 Å². The molecule has 1 aromatic carbocycles. The van der Waals surface area contributed by atoms with Crippen LogP contribution in [0.15, 0.2) is 47.4 Å². The summed E-state index contributed by atoms with van der Waals surface area (Å²) in [5.41, 5.74) is 0.476. The van der Waals surface area contributed by atoms with Gasteiger partial charge in [-0.25, -0.2) is 4.68 Å². The topological polar surface area (TPSA) is 54.9 Å². The maximum absolute atomic E-state index is 12.7. The highest BCUT2D eigenvalue weighted by Gasteiger charge is 2.28. The van der Waals surface area contributed by atoms with Gasteiger partial charge >= 0.3 is 0 Å². The smallest absolute Gasteiger partial charge is 0.267 e. The number of aromatic nitrogens is 2. The summed E-state index contributed by atoms with van der Waals surface area (Å²) in [5.74, 6) is 0.0835. The summed E-state index contributed by atoms with van der Waals surface area (Å²) >= 11 is 0. The number of ketones is 1. The third-order valence-corrected chi connectivity index (χ3v) is 3.57. The summed E-state index contributed by atoms with van der Waals surface area (Å²) in [6, 6.07) is 10.1. The van der Waals surface area contributed by atoms with Crippen LogP contribution in [0.2, 0.25) is 0 Å². The van der Waals surface area contributed by atoms with E-state index < -0.39 is 6.04 Å². The largest absolute Gasteiger partial charge is 0.302 e. The fraction of sp³-hybridized carbons (Fsp3) is 0.375. The first-order valence-corrected chi connectivity index (χ1v) is 7.00. The predicted octanol–water partition coefficient (Wildman–Crippen LogP) is 3.04. The van der Waals surface area contributed by atoms with Gasteiger partial charge in [0, 0.05) is 17.8 Å². The molecule has 0 aliphatic rings. The number of carbonyl (C=O) groups is 1. The number of hydrogen-bond acceptors (Lipinski definition) is 2. The second-order valence-corrected chi connectivity index (χ2v) is 5.11. The van der Waals surface area contributed by atoms with E-state index in [2.05, 4.69) is 12.0 Å². The summed E-state index contributed by atoms with van der Waals surface area (Å²) in [4.78, 5) is 24.6. The monoisotopic (exact) mass is 272 g/mol. The van der Waals surface area contributed by atoms with Crippen LogP contribution in [-0.4, -0.2) is 15.6 Å². The zero-order valence-electron chi connectivity index (χ0n) is 11.9. The molecule has 4 nitrogen and oxygen atoms in total. The summed E-state index contributed by atoms with van der Waals surface area (Å²) in [6.45, 7) is 4.10. The van der Waals surface area contributed by atoms with Crippen molar-refractivity contribution >= 4 is 5.78 Å². The van der Waals surface area contributed by atoms with E-state index in [1.165, 1.54) is 10.7 Å². The predicted molar refractivity (Wildman–Crippen MR) is 78.9 cm³/mol. The molecule has 2 unspecified atom stereocenters. The van der Waals surface area contributed by atoms with E-state index in [9.17, 15) is 9.59 Å². The van der Waals surface area contributed by atoms with E-state index in [1.807, 2.05) is 25.1 Å². The number of Topliss-reactive ketones (excluding diaryl/α,β-unsaturated/α-hetero) is 1. The van der Waals surface area contributed by atoms with Crippen molar-refractivity contribution in [3.8, 4) is 0 Å². The van der Waals surface area contributed by atoms with Gasteiger partial charge in [-0.05, 0) is 12.3 Å². The normalized spacial score (nSPS) is 13.9. The fourth-order valence-corrected chi connectivity index (χ4v) is 2.57. The molecule has 0 radical (unpaired) electrons. The van der Waals surface area contributed by atoms with Gasteiger partial charge in [-0.2, -0.15) is 0 Å². The highest BCUT2D eigenvalue weighted by atomic mass is 16.1.